The van der Waals surface area contributed by atoms with E-state index in [1.807, 2.05) is 24.9 Å². The minimum atomic E-state index is -0.263. The molecule has 7 heteroatoms. The van der Waals surface area contributed by atoms with Gasteiger partial charge in [0.05, 0.1) is 36.6 Å². The Kier molecular flexibility index (Phi) is 3.95. The lowest BCUT2D eigenvalue weighted by molar-refractivity contribution is 0.0123. The highest BCUT2D eigenvalue weighted by molar-refractivity contribution is 5.95. The van der Waals surface area contributed by atoms with Crippen LogP contribution >= 0.6 is 0 Å². The Balaban J connectivity index is 1.43. The number of carbonyl (C=O) groups is 1. The molecular formula is C18H22N4O3. The van der Waals surface area contributed by atoms with E-state index in [2.05, 4.69) is 14.9 Å². The summed E-state index contributed by atoms with van der Waals surface area (Å²) in [7, 11) is 2.00. The standard InChI is InChI=1S/C18H22N4O3/c1-13-15(4-9-24-13)16(23)22-8-5-18(12-22)10-14(11-25-18)21(2)17-19-6-3-7-20-17/h3-4,6-7,9,14H,5,8,10-12H2,1-2H3. The summed E-state index contributed by atoms with van der Waals surface area (Å²) in [4.78, 5) is 25.2. The fraction of sp³-hybridized carbons (Fsp3) is 0.500. The fourth-order valence-electron chi connectivity index (χ4n) is 3.79. The first kappa shape index (κ1) is 16.1. The first-order valence-corrected chi connectivity index (χ1v) is 8.55. The average Bonchev–Trinajstić information content (AvgIpc) is 3.36. The van der Waals surface area contributed by atoms with Crippen molar-refractivity contribution in [2.24, 2.45) is 0 Å². The van der Waals surface area contributed by atoms with Crippen LogP contribution in [0.3, 0.4) is 0 Å². The highest BCUT2D eigenvalue weighted by Gasteiger charge is 2.48. The lowest BCUT2D eigenvalue weighted by Gasteiger charge is -2.26. The lowest BCUT2D eigenvalue weighted by atomic mass is 9.97. The summed E-state index contributed by atoms with van der Waals surface area (Å²) in [6.07, 6.45) is 6.78. The molecule has 0 aliphatic carbocycles. The van der Waals surface area contributed by atoms with Gasteiger partial charge in [-0.2, -0.15) is 0 Å². The van der Waals surface area contributed by atoms with E-state index in [4.69, 9.17) is 9.15 Å². The second kappa shape index (κ2) is 6.15. The number of hydrogen-bond donors (Lipinski definition) is 0. The zero-order valence-corrected chi connectivity index (χ0v) is 14.5. The van der Waals surface area contributed by atoms with Gasteiger partial charge in [-0.1, -0.05) is 0 Å². The Morgan fingerprint density at radius 1 is 1.40 bits per heavy atom. The third-order valence-electron chi connectivity index (χ3n) is 5.30. The molecule has 2 aromatic heterocycles. The van der Waals surface area contributed by atoms with E-state index in [1.165, 1.54) is 0 Å². The molecule has 132 valence electrons. The summed E-state index contributed by atoms with van der Waals surface area (Å²) in [5, 5.41) is 0. The van der Waals surface area contributed by atoms with Crippen molar-refractivity contribution < 1.29 is 13.9 Å². The molecule has 2 aliphatic rings. The van der Waals surface area contributed by atoms with Crippen LogP contribution < -0.4 is 4.90 Å². The minimum absolute atomic E-state index is 0.0231. The molecule has 2 aliphatic heterocycles. The summed E-state index contributed by atoms with van der Waals surface area (Å²) >= 11 is 0. The number of hydrogen-bond acceptors (Lipinski definition) is 6. The van der Waals surface area contributed by atoms with E-state index < -0.39 is 0 Å². The monoisotopic (exact) mass is 342 g/mol. The van der Waals surface area contributed by atoms with Crippen molar-refractivity contribution in [2.75, 3.05) is 31.6 Å². The van der Waals surface area contributed by atoms with Crippen molar-refractivity contribution in [1.29, 1.82) is 0 Å². The number of likely N-dealkylation sites (N-methyl/N-ethyl adjacent to an activating group) is 1. The second-order valence-corrected chi connectivity index (χ2v) is 6.88. The van der Waals surface area contributed by atoms with Crippen molar-refractivity contribution in [2.45, 2.75) is 31.4 Å². The number of aryl methyl sites for hydroxylation is 1. The maximum Gasteiger partial charge on any atom is 0.257 e. The molecule has 1 amide bonds. The SMILES string of the molecule is Cc1occc1C(=O)N1CCC2(CC(N(C)c3ncccn3)CO2)C1. The Morgan fingerprint density at radius 3 is 2.92 bits per heavy atom. The number of nitrogens with zero attached hydrogens (tertiary/aromatic N) is 4. The van der Waals surface area contributed by atoms with E-state index in [1.54, 1.807) is 24.7 Å². The van der Waals surface area contributed by atoms with E-state index in [0.717, 1.165) is 12.8 Å². The van der Waals surface area contributed by atoms with Crippen molar-refractivity contribution in [1.82, 2.24) is 14.9 Å². The molecule has 25 heavy (non-hydrogen) atoms. The van der Waals surface area contributed by atoms with Gasteiger partial charge in [-0.05, 0) is 25.5 Å². The molecule has 1 spiro atoms. The fourth-order valence-corrected chi connectivity index (χ4v) is 3.79. The van der Waals surface area contributed by atoms with Crippen LogP contribution in [0, 0.1) is 6.92 Å². The van der Waals surface area contributed by atoms with Gasteiger partial charge in [0.15, 0.2) is 0 Å². The summed E-state index contributed by atoms with van der Waals surface area (Å²) < 4.78 is 11.4. The highest BCUT2D eigenvalue weighted by Crippen LogP contribution is 2.37. The Bertz CT molecular complexity index is 763. The van der Waals surface area contributed by atoms with Gasteiger partial charge >= 0.3 is 0 Å². The molecular weight excluding hydrogens is 320 g/mol. The third kappa shape index (κ3) is 2.89. The van der Waals surface area contributed by atoms with Crippen LogP contribution in [-0.2, 0) is 4.74 Å². The molecule has 7 nitrogen and oxygen atoms in total. The van der Waals surface area contributed by atoms with Crippen LogP contribution in [0.4, 0.5) is 5.95 Å². The van der Waals surface area contributed by atoms with Gasteiger partial charge in [0, 0.05) is 32.4 Å². The number of ether oxygens (including phenoxy) is 1. The number of aromatic nitrogens is 2. The lowest BCUT2D eigenvalue weighted by Crippen LogP contribution is -2.38. The highest BCUT2D eigenvalue weighted by atomic mass is 16.5. The number of furan rings is 1. The number of anilines is 1. The minimum Gasteiger partial charge on any atom is -0.469 e. The summed E-state index contributed by atoms with van der Waals surface area (Å²) in [5.41, 5.74) is 0.377. The maximum atomic E-state index is 12.7. The van der Waals surface area contributed by atoms with Gasteiger partial charge in [0.2, 0.25) is 5.95 Å². The van der Waals surface area contributed by atoms with Crippen LogP contribution in [0.2, 0.25) is 0 Å². The molecule has 2 aromatic rings. The first-order valence-electron chi connectivity index (χ1n) is 8.55. The average molecular weight is 342 g/mol. The third-order valence-corrected chi connectivity index (χ3v) is 5.30. The predicted octanol–water partition coefficient (Wildman–Crippen LogP) is 1.89. The first-order chi connectivity index (χ1) is 12.1. The Morgan fingerprint density at radius 2 is 2.20 bits per heavy atom. The summed E-state index contributed by atoms with van der Waals surface area (Å²) in [6, 6.07) is 3.76. The Hall–Kier alpha value is -2.41. The molecule has 0 radical (unpaired) electrons. The number of likely N-dealkylation sites (tertiary alicyclic amines) is 1. The molecule has 4 heterocycles. The normalized spacial score (nSPS) is 25.7. The van der Waals surface area contributed by atoms with Crippen molar-refractivity contribution >= 4 is 11.9 Å². The second-order valence-electron chi connectivity index (χ2n) is 6.88. The maximum absolute atomic E-state index is 12.7. The van der Waals surface area contributed by atoms with Gasteiger partial charge in [-0.25, -0.2) is 9.97 Å². The van der Waals surface area contributed by atoms with Crippen LogP contribution in [0.25, 0.3) is 0 Å². The molecule has 2 fully saturated rings. The van der Waals surface area contributed by atoms with E-state index in [0.29, 0.717) is 37.0 Å². The van der Waals surface area contributed by atoms with Crippen LogP contribution in [-0.4, -0.2) is 59.2 Å². The number of carbonyl (C=O) groups excluding carboxylic acids is 1. The van der Waals surface area contributed by atoms with E-state index in [-0.39, 0.29) is 17.6 Å². The summed E-state index contributed by atoms with van der Waals surface area (Å²) in [5.74, 6) is 1.39. The smallest absolute Gasteiger partial charge is 0.257 e. The van der Waals surface area contributed by atoms with Crippen LogP contribution in [0.1, 0.15) is 29.0 Å². The van der Waals surface area contributed by atoms with E-state index >= 15 is 0 Å². The quantitative estimate of drug-likeness (QED) is 0.848. The van der Waals surface area contributed by atoms with Gasteiger partial charge in [-0.3, -0.25) is 4.79 Å². The molecule has 4 rings (SSSR count). The molecule has 2 unspecified atom stereocenters. The van der Waals surface area contributed by atoms with Crippen LogP contribution in [0.5, 0.6) is 0 Å². The largest absolute Gasteiger partial charge is 0.469 e. The molecule has 0 saturated carbocycles. The Labute approximate surface area is 146 Å². The van der Waals surface area contributed by atoms with Gasteiger partial charge in [-0.15, -0.1) is 0 Å². The molecule has 0 N–H and O–H groups in total. The zero-order valence-electron chi connectivity index (χ0n) is 14.5. The van der Waals surface area contributed by atoms with Crippen molar-refractivity contribution in [3.8, 4) is 0 Å². The molecule has 0 aromatic carbocycles. The summed E-state index contributed by atoms with van der Waals surface area (Å²) in [6.45, 7) is 3.77. The zero-order chi connectivity index (χ0) is 17.4. The van der Waals surface area contributed by atoms with Gasteiger partial charge in [0.1, 0.15) is 5.76 Å². The topological polar surface area (TPSA) is 71.7 Å². The number of rotatable bonds is 3. The molecule has 2 atom stereocenters. The van der Waals surface area contributed by atoms with Gasteiger partial charge < -0.3 is 19.0 Å². The van der Waals surface area contributed by atoms with Crippen molar-refractivity contribution in [3.63, 3.8) is 0 Å². The molecule has 2 saturated heterocycles. The molecule has 0 bridgehead atoms. The number of amides is 1. The van der Waals surface area contributed by atoms with E-state index in [9.17, 15) is 4.79 Å². The predicted molar refractivity (Wildman–Crippen MR) is 91.5 cm³/mol. The van der Waals surface area contributed by atoms with Crippen molar-refractivity contribution in [3.05, 3.63) is 42.1 Å². The van der Waals surface area contributed by atoms with Gasteiger partial charge in [0.25, 0.3) is 5.91 Å². The van der Waals surface area contributed by atoms with Crippen LogP contribution in [0.15, 0.2) is 35.2 Å².